The summed E-state index contributed by atoms with van der Waals surface area (Å²) >= 11 is 1.53. The zero-order valence-electron chi connectivity index (χ0n) is 8.86. The monoisotopic (exact) mass is 233 g/mol. The molecule has 1 aromatic heterocycles. The van der Waals surface area contributed by atoms with E-state index in [-0.39, 0.29) is 6.61 Å². The molecule has 0 saturated heterocycles. The Kier molecular flexibility index (Phi) is 3.40. The van der Waals surface area contributed by atoms with Gasteiger partial charge in [0.2, 0.25) is 0 Å². The number of ether oxygens (including phenoxy) is 1. The van der Waals surface area contributed by atoms with Gasteiger partial charge in [0.1, 0.15) is 5.75 Å². The molecule has 16 heavy (non-hydrogen) atoms. The molecule has 0 aliphatic carbocycles. The van der Waals surface area contributed by atoms with E-state index in [0.29, 0.717) is 6.42 Å². The van der Waals surface area contributed by atoms with Gasteiger partial charge in [-0.1, -0.05) is 5.92 Å². The highest BCUT2D eigenvalue weighted by molar-refractivity contribution is 7.19. The molecule has 0 fully saturated rings. The lowest BCUT2D eigenvalue weighted by molar-refractivity contribution is 0.305. The van der Waals surface area contributed by atoms with E-state index in [1.54, 1.807) is 7.11 Å². The summed E-state index contributed by atoms with van der Waals surface area (Å²) in [6.45, 7) is 0.0890. The van der Waals surface area contributed by atoms with Crippen LogP contribution in [0.2, 0.25) is 0 Å². The Hall–Kier alpha value is -1.57. The summed E-state index contributed by atoms with van der Waals surface area (Å²) < 4.78 is 6.20. The van der Waals surface area contributed by atoms with Gasteiger partial charge in [0.25, 0.3) is 0 Å². The number of aliphatic hydroxyl groups excluding tert-OH is 1. The summed E-state index contributed by atoms with van der Waals surface area (Å²) in [6, 6.07) is 5.75. The summed E-state index contributed by atoms with van der Waals surface area (Å²) in [7, 11) is 1.64. The fraction of sp³-hybridized carbons (Fsp3) is 0.250. The third-order valence-corrected chi connectivity index (χ3v) is 2.96. The normalized spacial score (nSPS) is 9.88. The third-order valence-electron chi connectivity index (χ3n) is 2.03. The van der Waals surface area contributed by atoms with E-state index < -0.39 is 0 Å². The maximum Gasteiger partial charge on any atom is 0.168 e. The molecule has 0 bridgehead atoms. The van der Waals surface area contributed by atoms with E-state index in [4.69, 9.17) is 9.84 Å². The van der Waals surface area contributed by atoms with Gasteiger partial charge in [-0.05, 0) is 24.1 Å². The molecule has 2 rings (SSSR count). The second-order valence-electron chi connectivity index (χ2n) is 3.13. The molecule has 0 atom stereocenters. The van der Waals surface area contributed by atoms with Crippen molar-refractivity contribution in [2.75, 3.05) is 13.7 Å². The van der Waals surface area contributed by atoms with Crippen LogP contribution in [0, 0.1) is 11.8 Å². The highest BCUT2D eigenvalue weighted by Gasteiger charge is 2.02. The lowest BCUT2D eigenvalue weighted by atomic mass is 10.3. The summed E-state index contributed by atoms with van der Waals surface area (Å²) in [4.78, 5) is 4.37. The average molecular weight is 233 g/mol. The van der Waals surface area contributed by atoms with Gasteiger partial charge in [0, 0.05) is 6.42 Å². The molecule has 4 heteroatoms. The van der Waals surface area contributed by atoms with Crippen LogP contribution in [0.1, 0.15) is 11.4 Å². The highest BCUT2D eigenvalue weighted by Crippen LogP contribution is 2.25. The lowest BCUT2D eigenvalue weighted by Crippen LogP contribution is -1.80. The van der Waals surface area contributed by atoms with Crippen molar-refractivity contribution in [3.8, 4) is 17.6 Å². The summed E-state index contributed by atoms with van der Waals surface area (Å²) in [5, 5.41) is 9.39. The average Bonchev–Trinajstić information content (AvgIpc) is 2.70. The molecule has 1 N–H and O–H groups in total. The van der Waals surface area contributed by atoms with Crippen LogP contribution < -0.4 is 4.74 Å². The second kappa shape index (κ2) is 4.97. The Morgan fingerprint density at radius 1 is 1.50 bits per heavy atom. The second-order valence-corrected chi connectivity index (χ2v) is 4.16. The number of fused-ring (bicyclic) bond motifs is 1. The Morgan fingerprint density at radius 2 is 2.38 bits per heavy atom. The molecule has 0 saturated carbocycles. The Bertz CT molecular complexity index is 551. The highest BCUT2D eigenvalue weighted by atomic mass is 32.1. The van der Waals surface area contributed by atoms with E-state index in [0.717, 1.165) is 21.0 Å². The Balaban J connectivity index is 2.34. The van der Waals surface area contributed by atoms with E-state index >= 15 is 0 Å². The van der Waals surface area contributed by atoms with Crippen molar-refractivity contribution >= 4 is 21.6 Å². The predicted octanol–water partition coefficient (Wildman–Crippen LogP) is 2.04. The summed E-state index contributed by atoms with van der Waals surface area (Å²) in [5.74, 6) is 6.61. The van der Waals surface area contributed by atoms with Crippen LogP contribution in [0.3, 0.4) is 0 Å². The van der Waals surface area contributed by atoms with Crippen molar-refractivity contribution in [3.05, 3.63) is 23.2 Å². The first kappa shape index (κ1) is 10.9. The van der Waals surface area contributed by atoms with Crippen molar-refractivity contribution in [2.45, 2.75) is 6.42 Å². The smallest absolute Gasteiger partial charge is 0.168 e. The van der Waals surface area contributed by atoms with Crippen LogP contribution in [-0.4, -0.2) is 23.8 Å². The van der Waals surface area contributed by atoms with E-state index in [1.807, 2.05) is 18.2 Å². The van der Waals surface area contributed by atoms with Crippen LogP contribution in [-0.2, 0) is 0 Å². The van der Waals surface area contributed by atoms with Gasteiger partial charge in [-0.15, -0.1) is 11.3 Å². The number of rotatable bonds is 2. The van der Waals surface area contributed by atoms with E-state index in [1.165, 1.54) is 11.3 Å². The van der Waals surface area contributed by atoms with Gasteiger partial charge in [-0.3, -0.25) is 0 Å². The van der Waals surface area contributed by atoms with Gasteiger partial charge in [0.05, 0.1) is 23.9 Å². The number of thiazole rings is 1. The van der Waals surface area contributed by atoms with E-state index in [2.05, 4.69) is 16.8 Å². The fourth-order valence-corrected chi connectivity index (χ4v) is 2.15. The number of nitrogens with zero attached hydrogens (tertiary/aromatic N) is 1. The Labute approximate surface area is 97.7 Å². The number of hydrogen-bond acceptors (Lipinski definition) is 4. The first-order chi connectivity index (χ1) is 7.83. The number of aliphatic hydroxyl groups is 1. The molecule has 0 aliphatic rings. The quantitative estimate of drug-likeness (QED) is 0.807. The van der Waals surface area contributed by atoms with Crippen LogP contribution >= 0.6 is 11.3 Å². The fourth-order valence-electron chi connectivity index (χ4n) is 1.28. The molecule has 0 amide bonds. The molecule has 0 aliphatic heterocycles. The van der Waals surface area contributed by atoms with Crippen LogP contribution in [0.4, 0.5) is 0 Å². The Morgan fingerprint density at radius 3 is 3.12 bits per heavy atom. The van der Waals surface area contributed by atoms with Gasteiger partial charge in [0.15, 0.2) is 5.01 Å². The molecule has 2 aromatic rings. The van der Waals surface area contributed by atoms with Crippen molar-refractivity contribution in [3.63, 3.8) is 0 Å². The zero-order valence-corrected chi connectivity index (χ0v) is 9.67. The first-order valence-electron chi connectivity index (χ1n) is 4.88. The van der Waals surface area contributed by atoms with Crippen LogP contribution in [0.5, 0.6) is 5.75 Å². The molecular weight excluding hydrogens is 222 g/mol. The first-order valence-corrected chi connectivity index (χ1v) is 5.69. The van der Waals surface area contributed by atoms with Gasteiger partial charge in [-0.25, -0.2) is 4.98 Å². The molecule has 0 spiro atoms. The molecule has 0 radical (unpaired) electrons. The molecule has 3 nitrogen and oxygen atoms in total. The minimum atomic E-state index is 0.0890. The van der Waals surface area contributed by atoms with Crippen molar-refractivity contribution in [1.29, 1.82) is 0 Å². The lowest BCUT2D eigenvalue weighted by Gasteiger charge is -1.96. The molecular formula is C12H11NO2S. The number of methoxy groups -OCH3 is 1. The van der Waals surface area contributed by atoms with Crippen molar-refractivity contribution in [1.82, 2.24) is 4.98 Å². The summed E-state index contributed by atoms with van der Waals surface area (Å²) in [6.07, 6.45) is 0.485. The molecule has 1 heterocycles. The van der Waals surface area contributed by atoms with Gasteiger partial charge >= 0.3 is 0 Å². The predicted molar refractivity (Wildman–Crippen MR) is 64.8 cm³/mol. The standard InChI is InChI=1S/C12H11NO2S/c1-15-9-5-6-10-11(8-9)16-12(13-10)4-2-3-7-14/h5-6,8,14H,3,7H2,1H3. The maximum atomic E-state index is 8.62. The minimum Gasteiger partial charge on any atom is -0.497 e. The van der Waals surface area contributed by atoms with Crippen LogP contribution in [0.25, 0.3) is 10.2 Å². The number of hydrogen-bond donors (Lipinski definition) is 1. The molecule has 0 unspecified atom stereocenters. The minimum absolute atomic E-state index is 0.0890. The number of aromatic nitrogens is 1. The SMILES string of the molecule is COc1ccc2nc(C#CCCO)sc2c1. The molecule has 82 valence electrons. The number of benzene rings is 1. The van der Waals surface area contributed by atoms with Gasteiger partial charge in [-0.2, -0.15) is 0 Å². The van der Waals surface area contributed by atoms with E-state index in [9.17, 15) is 0 Å². The molecule has 1 aromatic carbocycles. The summed E-state index contributed by atoms with van der Waals surface area (Å²) in [5.41, 5.74) is 0.930. The van der Waals surface area contributed by atoms with Crippen molar-refractivity contribution in [2.24, 2.45) is 0 Å². The van der Waals surface area contributed by atoms with Crippen LogP contribution in [0.15, 0.2) is 18.2 Å². The largest absolute Gasteiger partial charge is 0.497 e. The topological polar surface area (TPSA) is 42.4 Å². The van der Waals surface area contributed by atoms with Gasteiger partial charge < -0.3 is 9.84 Å². The van der Waals surface area contributed by atoms with Crippen molar-refractivity contribution < 1.29 is 9.84 Å². The zero-order chi connectivity index (χ0) is 11.4. The third kappa shape index (κ3) is 2.32. The maximum absolute atomic E-state index is 8.62.